The normalized spacial score (nSPS) is 23.3. The molecular formula is C19H23N3O3S. The molecular weight excluding hydrogens is 350 g/mol. The molecule has 0 spiro atoms. The second kappa shape index (κ2) is 7.32. The average Bonchev–Trinajstić information content (AvgIpc) is 2.93. The number of hydrogen-bond acceptors (Lipinski definition) is 5. The lowest BCUT2D eigenvalue weighted by Crippen LogP contribution is -2.45. The van der Waals surface area contributed by atoms with Gasteiger partial charge in [0.1, 0.15) is 0 Å². The fraction of sp³-hybridized carbons (Fsp3) is 0.526. The van der Waals surface area contributed by atoms with Crippen LogP contribution in [0.15, 0.2) is 24.3 Å². The van der Waals surface area contributed by atoms with Crippen molar-refractivity contribution in [2.24, 2.45) is 5.92 Å². The third-order valence-electron chi connectivity index (χ3n) is 5.22. The minimum absolute atomic E-state index is 0.0387. The Labute approximate surface area is 156 Å². The van der Waals surface area contributed by atoms with Crippen LogP contribution in [0.1, 0.15) is 17.8 Å². The summed E-state index contributed by atoms with van der Waals surface area (Å²) >= 11 is 1.70. The Morgan fingerprint density at radius 1 is 1.31 bits per heavy atom. The summed E-state index contributed by atoms with van der Waals surface area (Å²) < 4.78 is 6.78. The summed E-state index contributed by atoms with van der Waals surface area (Å²) in [6.45, 7) is 1.96. The van der Waals surface area contributed by atoms with Gasteiger partial charge in [0.25, 0.3) is 0 Å². The first-order valence-electron chi connectivity index (χ1n) is 9.08. The van der Waals surface area contributed by atoms with Crippen molar-refractivity contribution in [3.8, 4) is 0 Å². The minimum atomic E-state index is -0.235. The van der Waals surface area contributed by atoms with Crippen molar-refractivity contribution in [2.75, 3.05) is 33.4 Å². The zero-order valence-corrected chi connectivity index (χ0v) is 15.7. The van der Waals surface area contributed by atoms with Crippen LogP contribution in [0.2, 0.25) is 0 Å². The Bertz CT molecular complexity index is 788. The van der Waals surface area contributed by atoms with E-state index in [4.69, 9.17) is 4.74 Å². The Morgan fingerprint density at radius 2 is 2.15 bits per heavy atom. The number of hydrogen-bond donors (Lipinski definition) is 0. The molecule has 138 valence electrons. The molecule has 0 aliphatic carbocycles. The smallest absolute Gasteiger partial charge is 0.229 e. The summed E-state index contributed by atoms with van der Waals surface area (Å²) in [5, 5.41) is 1.08. The maximum atomic E-state index is 12.7. The van der Waals surface area contributed by atoms with E-state index in [-0.39, 0.29) is 23.8 Å². The maximum Gasteiger partial charge on any atom is 0.229 e. The quantitative estimate of drug-likeness (QED) is 0.822. The van der Waals surface area contributed by atoms with Gasteiger partial charge < -0.3 is 14.5 Å². The van der Waals surface area contributed by atoms with Crippen molar-refractivity contribution in [3.63, 3.8) is 0 Å². The molecule has 2 aliphatic rings. The van der Waals surface area contributed by atoms with Crippen LogP contribution in [-0.4, -0.2) is 66.0 Å². The molecule has 4 rings (SSSR count). The number of nitrogens with zero attached hydrogens (tertiary/aromatic N) is 3. The molecule has 3 heterocycles. The maximum absolute atomic E-state index is 12.7. The van der Waals surface area contributed by atoms with E-state index >= 15 is 0 Å². The fourth-order valence-corrected chi connectivity index (χ4v) is 4.69. The lowest BCUT2D eigenvalue weighted by atomic mass is 10.1. The predicted octanol–water partition coefficient (Wildman–Crippen LogP) is 1.93. The number of para-hydroxylation sites is 1. The number of carbonyl (C=O) groups excluding carboxylic acids is 2. The van der Waals surface area contributed by atoms with Crippen LogP contribution in [0.25, 0.3) is 10.2 Å². The molecule has 1 aromatic heterocycles. The summed E-state index contributed by atoms with van der Waals surface area (Å²) in [6.07, 6.45) is 2.09. The monoisotopic (exact) mass is 373 g/mol. The van der Waals surface area contributed by atoms with Crippen LogP contribution in [0, 0.1) is 5.92 Å². The van der Waals surface area contributed by atoms with Crippen LogP contribution in [0.4, 0.5) is 0 Å². The molecule has 6 nitrogen and oxygen atoms in total. The van der Waals surface area contributed by atoms with Crippen molar-refractivity contribution < 1.29 is 14.3 Å². The molecule has 2 bridgehead atoms. The van der Waals surface area contributed by atoms with Gasteiger partial charge in [-0.25, -0.2) is 4.98 Å². The molecule has 0 N–H and O–H groups in total. The Balaban J connectivity index is 1.35. The largest absolute Gasteiger partial charge is 0.378 e. The lowest BCUT2D eigenvalue weighted by Gasteiger charge is -2.29. The number of benzene rings is 1. The molecule has 2 aromatic rings. The standard InChI is InChI=1S/C19H23N3O3S/c1-21-14-10-22(9-13(19(21)24)11-25-12-14)18(23)8-4-7-17-20-15-5-2-3-6-16(15)26-17/h2-3,5-6,13-14H,4,7-12H2,1H3/t13-,14+/m1/s1. The van der Waals surface area contributed by atoms with Gasteiger partial charge in [-0.15, -0.1) is 11.3 Å². The molecule has 2 saturated heterocycles. The third-order valence-corrected chi connectivity index (χ3v) is 6.31. The summed E-state index contributed by atoms with van der Waals surface area (Å²) in [5.41, 5.74) is 1.03. The van der Waals surface area contributed by atoms with Crippen LogP contribution < -0.4 is 0 Å². The highest BCUT2D eigenvalue weighted by Gasteiger charge is 2.38. The van der Waals surface area contributed by atoms with Gasteiger partial charge in [-0.2, -0.15) is 0 Å². The number of aromatic nitrogens is 1. The van der Waals surface area contributed by atoms with Gasteiger partial charge in [-0.1, -0.05) is 12.1 Å². The molecule has 2 fully saturated rings. The van der Waals surface area contributed by atoms with E-state index in [1.54, 1.807) is 16.2 Å². The van der Waals surface area contributed by atoms with E-state index < -0.39 is 0 Å². The van der Waals surface area contributed by atoms with Crippen molar-refractivity contribution >= 4 is 33.4 Å². The summed E-state index contributed by atoms with van der Waals surface area (Å²) in [6, 6.07) is 8.07. The van der Waals surface area contributed by atoms with Crippen molar-refractivity contribution in [2.45, 2.75) is 25.3 Å². The number of thiazole rings is 1. The van der Waals surface area contributed by atoms with Gasteiger partial charge in [0.15, 0.2) is 0 Å². The molecule has 2 aliphatic heterocycles. The highest BCUT2D eigenvalue weighted by molar-refractivity contribution is 7.18. The van der Waals surface area contributed by atoms with Crippen LogP contribution in [0.3, 0.4) is 0 Å². The van der Waals surface area contributed by atoms with E-state index in [1.807, 2.05) is 30.1 Å². The molecule has 0 saturated carbocycles. The predicted molar refractivity (Wildman–Crippen MR) is 100 cm³/mol. The van der Waals surface area contributed by atoms with E-state index in [2.05, 4.69) is 11.1 Å². The molecule has 0 radical (unpaired) electrons. The van der Waals surface area contributed by atoms with Gasteiger partial charge in [0.05, 0.1) is 40.4 Å². The Kier molecular flexibility index (Phi) is 4.91. The highest BCUT2D eigenvalue weighted by atomic mass is 32.1. The number of likely N-dealkylation sites (N-methyl/N-ethyl adjacent to an activating group) is 1. The zero-order chi connectivity index (χ0) is 18.1. The average molecular weight is 373 g/mol. The SMILES string of the molecule is CN1C(=O)[C@H]2COC[C@@H]1CN(C(=O)CCCc1nc3ccccc3s1)C2. The van der Waals surface area contributed by atoms with Crippen molar-refractivity contribution in [1.29, 1.82) is 0 Å². The number of aryl methyl sites for hydroxylation is 1. The third kappa shape index (κ3) is 3.46. The fourth-order valence-electron chi connectivity index (χ4n) is 3.68. The van der Waals surface area contributed by atoms with Crippen LogP contribution in [-0.2, 0) is 20.7 Å². The second-order valence-corrected chi connectivity index (χ2v) is 8.18. The molecule has 2 amide bonds. The number of carbonyl (C=O) groups is 2. The molecule has 26 heavy (non-hydrogen) atoms. The topological polar surface area (TPSA) is 62.7 Å². The first-order chi connectivity index (χ1) is 12.6. The molecule has 1 aromatic carbocycles. The summed E-state index contributed by atoms with van der Waals surface area (Å²) in [7, 11) is 1.82. The summed E-state index contributed by atoms with van der Waals surface area (Å²) in [4.78, 5) is 33.3. The van der Waals surface area contributed by atoms with E-state index in [1.165, 1.54) is 4.70 Å². The number of fused-ring (bicyclic) bond motifs is 4. The number of rotatable bonds is 4. The molecule has 0 unspecified atom stereocenters. The zero-order valence-electron chi connectivity index (χ0n) is 14.9. The van der Waals surface area contributed by atoms with Gasteiger partial charge in [0.2, 0.25) is 11.8 Å². The molecule has 7 heteroatoms. The van der Waals surface area contributed by atoms with E-state index in [9.17, 15) is 9.59 Å². The Morgan fingerprint density at radius 3 is 3.00 bits per heavy atom. The summed E-state index contributed by atoms with van der Waals surface area (Å²) in [5.74, 6) is -0.0101. The van der Waals surface area contributed by atoms with Gasteiger partial charge in [-0.05, 0) is 25.0 Å². The molecule has 2 atom stereocenters. The highest BCUT2D eigenvalue weighted by Crippen LogP contribution is 2.24. The van der Waals surface area contributed by atoms with Gasteiger partial charge in [-0.3, -0.25) is 9.59 Å². The van der Waals surface area contributed by atoms with Crippen molar-refractivity contribution in [3.05, 3.63) is 29.3 Å². The van der Waals surface area contributed by atoms with E-state index in [0.29, 0.717) is 32.7 Å². The minimum Gasteiger partial charge on any atom is -0.378 e. The van der Waals surface area contributed by atoms with Gasteiger partial charge in [0, 0.05) is 26.6 Å². The second-order valence-electron chi connectivity index (χ2n) is 7.06. The van der Waals surface area contributed by atoms with Crippen LogP contribution in [0.5, 0.6) is 0 Å². The number of amides is 2. The van der Waals surface area contributed by atoms with Crippen molar-refractivity contribution in [1.82, 2.24) is 14.8 Å². The van der Waals surface area contributed by atoms with E-state index in [0.717, 1.165) is 23.4 Å². The lowest BCUT2D eigenvalue weighted by molar-refractivity contribution is -0.134. The Hall–Kier alpha value is -1.99. The first kappa shape index (κ1) is 17.4. The first-order valence-corrected chi connectivity index (χ1v) is 9.90. The number of ether oxygens (including phenoxy) is 1. The van der Waals surface area contributed by atoms with Gasteiger partial charge >= 0.3 is 0 Å². The van der Waals surface area contributed by atoms with Crippen LogP contribution >= 0.6 is 11.3 Å².